The zero-order valence-corrected chi connectivity index (χ0v) is 9.80. The summed E-state index contributed by atoms with van der Waals surface area (Å²) in [6.45, 7) is 9.16. The van der Waals surface area contributed by atoms with Crippen LogP contribution in [0.5, 0.6) is 0 Å². The van der Waals surface area contributed by atoms with Crippen LogP contribution in [0, 0.1) is 17.3 Å². The van der Waals surface area contributed by atoms with Crippen LogP contribution in [0.4, 0.5) is 0 Å². The largest absolute Gasteiger partial charge is 0.465 e. The molecule has 1 rings (SSSR count). The molecule has 0 aromatic rings. The maximum Gasteiger partial charge on any atom is 0.312 e. The van der Waals surface area contributed by atoms with Gasteiger partial charge < -0.3 is 4.74 Å². The van der Waals surface area contributed by atoms with Crippen molar-refractivity contribution in [2.75, 3.05) is 6.61 Å². The first-order chi connectivity index (χ1) is 6.50. The molecule has 0 saturated carbocycles. The highest BCUT2D eigenvalue weighted by Gasteiger charge is 2.41. The third-order valence-electron chi connectivity index (χ3n) is 3.78. The zero-order valence-electron chi connectivity index (χ0n) is 9.80. The Morgan fingerprint density at radius 2 is 2.29 bits per heavy atom. The van der Waals surface area contributed by atoms with Gasteiger partial charge >= 0.3 is 5.97 Å². The van der Waals surface area contributed by atoms with Crippen molar-refractivity contribution < 1.29 is 9.53 Å². The van der Waals surface area contributed by atoms with Crippen molar-refractivity contribution in [1.29, 1.82) is 0 Å². The number of carbonyl (C=O) groups is 1. The summed E-state index contributed by atoms with van der Waals surface area (Å²) in [6.07, 6.45) is 3.02. The van der Waals surface area contributed by atoms with Crippen LogP contribution in [-0.2, 0) is 9.53 Å². The molecule has 2 nitrogen and oxygen atoms in total. The smallest absolute Gasteiger partial charge is 0.312 e. The molecule has 0 aromatic heterocycles. The van der Waals surface area contributed by atoms with Gasteiger partial charge in [-0.05, 0) is 31.6 Å². The predicted molar refractivity (Wildman–Crippen MR) is 56.9 cm³/mol. The van der Waals surface area contributed by atoms with Crippen molar-refractivity contribution >= 4 is 5.97 Å². The lowest BCUT2D eigenvalue weighted by Crippen LogP contribution is -2.35. The minimum absolute atomic E-state index is 0.0104. The Labute approximate surface area is 87.0 Å². The summed E-state index contributed by atoms with van der Waals surface area (Å²) >= 11 is 0. The van der Waals surface area contributed by atoms with Crippen molar-refractivity contribution in [2.45, 2.75) is 47.0 Å². The van der Waals surface area contributed by atoms with Crippen LogP contribution in [0.3, 0.4) is 0 Å². The van der Waals surface area contributed by atoms with E-state index < -0.39 is 0 Å². The molecule has 0 radical (unpaired) electrons. The summed E-state index contributed by atoms with van der Waals surface area (Å²) in [7, 11) is 0. The maximum atomic E-state index is 11.9. The first-order valence-corrected chi connectivity index (χ1v) is 5.68. The predicted octanol–water partition coefficient (Wildman–Crippen LogP) is 3.01. The lowest BCUT2D eigenvalue weighted by molar-refractivity contribution is -0.156. The van der Waals surface area contributed by atoms with E-state index in [-0.39, 0.29) is 11.4 Å². The first kappa shape index (κ1) is 11.5. The third kappa shape index (κ3) is 2.10. The van der Waals surface area contributed by atoms with Gasteiger partial charge in [-0.3, -0.25) is 4.79 Å². The maximum absolute atomic E-state index is 11.9. The van der Waals surface area contributed by atoms with Gasteiger partial charge in [0.2, 0.25) is 0 Å². The average molecular weight is 198 g/mol. The van der Waals surface area contributed by atoms with Crippen LogP contribution in [0.1, 0.15) is 47.0 Å². The van der Waals surface area contributed by atoms with Crippen molar-refractivity contribution in [3.63, 3.8) is 0 Å². The van der Waals surface area contributed by atoms with Crippen LogP contribution in [-0.4, -0.2) is 12.6 Å². The second-order valence-electron chi connectivity index (χ2n) is 4.96. The molecule has 0 spiro atoms. The average Bonchev–Trinajstić information content (AvgIpc) is 2.26. The Balaban J connectivity index is 2.84. The number of cyclic esters (lactones) is 1. The van der Waals surface area contributed by atoms with E-state index in [1.165, 1.54) is 0 Å². The van der Waals surface area contributed by atoms with Gasteiger partial charge in [-0.15, -0.1) is 0 Å². The number of hydrogen-bond donors (Lipinski definition) is 0. The Bertz CT molecular complexity index is 212. The fourth-order valence-corrected chi connectivity index (χ4v) is 2.28. The fraction of sp³-hybridized carbons (Fsp3) is 0.917. The minimum Gasteiger partial charge on any atom is -0.465 e. The van der Waals surface area contributed by atoms with E-state index in [4.69, 9.17) is 4.74 Å². The summed E-state index contributed by atoms with van der Waals surface area (Å²) in [6, 6.07) is 0. The quantitative estimate of drug-likeness (QED) is 0.637. The molecule has 0 amide bonds. The van der Waals surface area contributed by atoms with Gasteiger partial charge in [0, 0.05) is 0 Å². The molecular formula is C12H22O2. The van der Waals surface area contributed by atoms with E-state index in [2.05, 4.69) is 27.7 Å². The molecule has 1 aliphatic heterocycles. The molecule has 0 bridgehead atoms. The highest BCUT2D eigenvalue weighted by Crippen LogP contribution is 2.40. The Morgan fingerprint density at radius 3 is 2.86 bits per heavy atom. The number of ether oxygens (including phenoxy) is 1. The standard InChI is InChI=1S/C12H22O2/c1-5-10(3)12(4)8-9(2)6-7-14-11(12)13/h9-10H,5-8H2,1-4H3. The highest BCUT2D eigenvalue weighted by molar-refractivity contribution is 5.77. The summed E-state index contributed by atoms with van der Waals surface area (Å²) < 4.78 is 5.27. The van der Waals surface area contributed by atoms with Crippen molar-refractivity contribution in [3.8, 4) is 0 Å². The van der Waals surface area contributed by atoms with E-state index in [0.717, 1.165) is 19.3 Å². The lowest BCUT2D eigenvalue weighted by atomic mass is 9.71. The van der Waals surface area contributed by atoms with Crippen molar-refractivity contribution in [1.82, 2.24) is 0 Å². The Kier molecular flexibility index (Phi) is 3.57. The van der Waals surface area contributed by atoms with Gasteiger partial charge in [0.25, 0.3) is 0 Å². The second kappa shape index (κ2) is 4.33. The number of esters is 1. The molecule has 1 aliphatic rings. The molecule has 3 atom stereocenters. The SMILES string of the molecule is CCC(C)C1(C)CC(C)CCOC1=O. The third-order valence-corrected chi connectivity index (χ3v) is 3.78. The highest BCUT2D eigenvalue weighted by atomic mass is 16.5. The molecule has 0 aliphatic carbocycles. The topological polar surface area (TPSA) is 26.3 Å². The van der Waals surface area contributed by atoms with Crippen molar-refractivity contribution in [3.05, 3.63) is 0 Å². The van der Waals surface area contributed by atoms with Gasteiger partial charge in [0.1, 0.15) is 0 Å². The second-order valence-corrected chi connectivity index (χ2v) is 4.96. The van der Waals surface area contributed by atoms with Crippen LogP contribution < -0.4 is 0 Å². The molecule has 1 fully saturated rings. The summed E-state index contributed by atoms with van der Waals surface area (Å²) in [5.41, 5.74) is -0.259. The van der Waals surface area contributed by atoms with Gasteiger partial charge in [0.15, 0.2) is 0 Å². The molecule has 1 heterocycles. The molecule has 82 valence electrons. The van der Waals surface area contributed by atoms with Crippen LogP contribution in [0.15, 0.2) is 0 Å². The summed E-state index contributed by atoms with van der Waals surface area (Å²) in [5.74, 6) is 1.02. The Hall–Kier alpha value is -0.530. The zero-order chi connectivity index (χ0) is 10.8. The van der Waals surface area contributed by atoms with E-state index >= 15 is 0 Å². The molecule has 2 heteroatoms. The molecule has 14 heavy (non-hydrogen) atoms. The summed E-state index contributed by atoms with van der Waals surface area (Å²) in [5, 5.41) is 0. The van der Waals surface area contributed by atoms with Gasteiger partial charge in [-0.2, -0.15) is 0 Å². The number of rotatable bonds is 2. The van der Waals surface area contributed by atoms with Crippen molar-refractivity contribution in [2.24, 2.45) is 17.3 Å². The van der Waals surface area contributed by atoms with E-state index in [9.17, 15) is 4.79 Å². The van der Waals surface area contributed by atoms with Crippen LogP contribution in [0.25, 0.3) is 0 Å². The summed E-state index contributed by atoms with van der Waals surface area (Å²) in [4.78, 5) is 11.9. The van der Waals surface area contributed by atoms with E-state index in [0.29, 0.717) is 18.4 Å². The number of carbonyl (C=O) groups excluding carboxylic acids is 1. The minimum atomic E-state index is -0.259. The molecule has 0 aromatic carbocycles. The first-order valence-electron chi connectivity index (χ1n) is 5.68. The molecular weight excluding hydrogens is 176 g/mol. The van der Waals surface area contributed by atoms with E-state index in [1.807, 2.05) is 0 Å². The molecule has 1 saturated heterocycles. The molecule has 3 unspecified atom stereocenters. The Morgan fingerprint density at radius 1 is 1.64 bits per heavy atom. The normalized spacial score (nSPS) is 36.0. The van der Waals surface area contributed by atoms with Crippen LogP contribution in [0.2, 0.25) is 0 Å². The van der Waals surface area contributed by atoms with E-state index in [1.54, 1.807) is 0 Å². The fourth-order valence-electron chi connectivity index (χ4n) is 2.28. The van der Waals surface area contributed by atoms with Gasteiger partial charge in [-0.1, -0.05) is 27.2 Å². The van der Waals surface area contributed by atoms with Crippen LogP contribution >= 0.6 is 0 Å². The molecule has 0 N–H and O–H groups in total. The lowest BCUT2D eigenvalue weighted by Gasteiger charge is -2.32. The van der Waals surface area contributed by atoms with Gasteiger partial charge in [0.05, 0.1) is 12.0 Å². The number of hydrogen-bond acceptors (Lipinski definition) is 2. The van der Waals surface area contributed by atoms with Gasteiger partial charge in [-0.25, -0.2) is 0 Å². The monoisotopic (exact) mass is 198 g/mol.